The molecule has 0 aromatic rings. The first-order valence-corrected chi connectivity index (χ1v) is 12.2. The van der Waals surface area contributed by atoms with Gasteiger partial charge in [0.15, 0.2) is 5.78 Å². The molecule has 1 saturated heterocycles. The lowest BCUT2D eigenvalue weighted by Gasteiger charge is -2.31. The number of nitrogens with zero attached hydrogens (tertiary/aromatic N) is 1. The van der Waals surface area contributed by atoms with Gasteiger partial charge in [-0.3, -0.25) is 19.2 Å². The third-order valence-corrected chi connectivity index (χ3v) is 6.87. The van der Waals surface area contributed by atoms with E-state index in [-0.39, 0.29) is 37.1 Å². The van der Waals surface area contributed by atoms with Crippen LogP contribution in [0.25, 0.3) is 0 Å². The van der Waals surface area contributed by atoms with Crippen molar-refractivity contribution in [1.82, 2.24) is 15.5 Å². The van der Waals surface area contributed by atoms with Crippen molar-refractivity contribution in [2.75, 3.05) is 13.1 Å². The van der Waals surface area contributed by atoms with E-state index in [2.05, 4.69) is 10.6 Å². The molecule has 0 radical (unpaired) electrons. The number of aliphatic hydroxyl groups excluding tert-OH is 1. The molecule has 1 aliphatic carbocycles. The van der Waals surface area contributed by atoms with Crippen LogP contribution in [0.1, 0.15) is 71.6 Å². The van der Waals surface area contributed by atoms with E-state index in [9.17, 15) is 24.3 Å². The third-order valence-electron chi connectivity index (χ3n) is 6.87. The van der Waals surface area contributed by atoms with E-state index in [1.54, 1.807) is 4.90 Å². The molecule has 5 atom stereocenters. The zero-order valence-electron chi connectivity index (χ0n) is 19.9. The van der Waals surface area contributed by atoms with Crippen LogP contribution in [0.5, 0.6) is 0 Å². The molecule has 0 aromatic heterocycles. The van der Waals surface area contributed by atoms with Crippen LogP contribution >= 0.6 is 0 Å². The van der Waals surface area contributed by atoms with E-state index in [1.807, 2.05) is 0 Å². The summed E-state index contributed by atoms with van der Waals surface area (Å²) >= 11 is 0. The van der Waals surface area contributed by atoms with Gasteiger partial charge in [0.1, 0.15) is 12.1 Å². The minimum atomic E-state index is -1.25. The van der Waals surface area contributed by atoms with E-state index in [0.717, 1.165) is 25.7 Å². The van der Waals surface area contributed by atoms with Gasteiger partial charge in [-0.1, -0.05) is 19.3 Å². The van der Waals surface area contributed by atoms with Gasteiger partial charge in [-0.05, 0) is 58.4 Å². The summed E-state index contributed by atoms with van der Waals surface area (Å²) in [5.41, 5.74) is 11.8. The SMILES string of the molecule is CC(=O)[C@H](CCN)NC(=O)[C@@H](NC(=O)[C@@H]1CCCN1C(=O)CC(N)C1CCCCC1)C(C)O. The Bertz CT molecular complexity index is 695. The largest absolute Gasteiger partial charge is 0.391 e. The summed E-state index contributed by atoms with van der Waals surface area (Å²) in [6, 6.07) is -2.97. The topological polar surface area (TPSA) is 168 Å². The average Bonchev–Trinajstić information content (AvgIpc) is 3.27. The van der Waals surface area contributed by atoms with Gasteiger partial charge in [0.25, 0.3) is 0 Å². The van der Waals surface area contributed by atoms with Gasteiger partial charge in [0.05, 0.1) is 12.1 Å². The fourth-order valence-electron chi connectivity index (χ4n) is 4.85. The van der Waals surface area contributed by atoms with Crippen LogP contribution in [0.15, 0.2) is 0 Å². The second kappa shape index (κ2) is 13.0. The second-order valence-corrected chi connectivity index (χ2v) is 9.49. The van der Waals surface area contributed by atoms with E-state index in [4.69, 9.17) is 11.5 Å². The molecule has 1 aliphatic heterocycles. The molecule has 0 spiro atoms. The standard InChI is InChI=1S/C23H41N5O5/c1-14(29)18(10-11-24)26-23(33)21(15(2)30)27-22(32)19-9-6-12-28(19)20(31)13-17(25)16-7-4-3-5-8-16/h15-19,21,30H,3-13,24-25H2,1-2H3,(H,26,33)(H,27,32)/t15?,17?,18-,19-,21-/m0/s1. The highest BCUT2D eigenvalue weighted by Crippen LogP contribution is 2.28. The maximum Gasteiger partial charge on any atom is 0.245 e. The molecule has 3 amide bonds. The first kappa shape index (κ1) is 27.2. The molecule has 0 aromatic carbocycles. The Labute approximate surface area is 196 Å². The quantitative estimate of drug-likeness (QED) is 0.274. The monoisotopic (exact) mass is 467 g/mol. The number of nitrogens with one attached hydrogen (secondary N) is 2. The smallest absolute Gasteiger partial charge is 0.245 e. The van der Waals surface area contributed by atoms with Gasteiger partial charge in [0.2, 0.25) is 17.7 Å². The van der Waals surface area contributed by atoms with E-state index < -0.39 is 36.0 Å². The molecule has 1 heterocycles. The summed E-state index contributed by atoms with van der Waals surface area (Å²) in [4.78, 5) is 51.9. The molecular formula is C23H41N5O5. The minimum absolute atomic E-state index is 0.150. The number of ketones is 1. The van der Waals surface area contributed by atoms with Crippen molar-refractivity contribution in [2.45, 2.75) is 102 Å². The summed E-state index contributed by atoms with van der Waals surface area (Å²) in [5.74, 6) is -1.23. The molecule has 1 saturated carbocycles. The number of likely N-dealkylation sites (tertiary alicyclic amines) is 1. The number of aliphatic hydroxyl groups is 1. The Morgan fingerprint density at radius 3 is 2.30 bits per heavy atom. The lowest BCUT2D eigenvalue weighted by atomic mass is 9.83. The zero-order valence-corrected chi connectivity index (χ0v) is 19.9. The lowest BCUT2D eigenvalue weighted by Crippen LogP contribution is -2.58. The van der Waals surface area contributed by atoms with Crippen molar-refractivity contribution in [1.29, 1.82) is 0 Å². The number of Topliss-reactive ketones (excluding diaryl/α,β-unsaturated/α-hetero) is 1. The normalized spacial score (nSPS) is 22.8. The van der Waals surface area contributed by atoms with Crippen molar-refractivity contribution < 1.29 is 24.3 Å². The van der Waals surface area contributed by atoms with Crippen molar-refractivity contribution >= 4 is 23.5 Å². The first-order chi connectivity index (χ1) is 15.6. The van der Waals surface area contributed by atoms with Gasteiger partial charge in [-0.25, -0.2) is 0 Å². The van der Waals surface area contributed by atoms with Crippen LogP contribution in [-0.4, -0.2) is 76.9 Å². The summed E-state index contributed by atoms with van der Waals surface area (Å²) in [5, 5.41) is 15.2. The number of carbonyl (C=O) groups is 4. The van der Waals surface area contributed by atoms with E-state index >= 15 is 0 Å². The molecule has 2 fully saturated rings. The number of carbonyl (C=O) groups excluding carboxylic acids is 4. The van der Waals surface area contributed by atoms with Gasteiger partial charge in [0, 0.05) is 19.0 Å². The minimum Gasteiger partial charge on any atom is -0.391 e. The molecule has 10 nitrogen and oxygen atoms in total. The fraction of sp³-hybridized carbons (Fsp3) is 0.826. The number of hydrogen-bond acceptors (Lipinski definition) is 7. The Kier molecular flexibility index (Phi) is 10.7. The highest BCUT2D eigenvalue weighted by molar-refractivity contribution is 5.94. The number of amides is 3. The molecule has 188 valence electrons. The molecular weight excluding hydrogens is 426 g/mol. The van der Waals surface area contributed by atoms with Crippen LogP contribution in [0, 0.1) is 5.92 Å². The molecule has 2 aliphatic rings. The van der Waals surface area contributed by atoms with Crippen molar-refractivity contribution in [3.8, 4) is 0 Å². The lowest BCUT2D eigenvalue weighted by molar-refractivity contribution is -0.141. The highest BCUT2D eigenvalue weighted by Gasteiger charge is 2.38. The van der Waals surface area contributed by atoms with E-state index in [0.29, 0.717) is 25.3 Å². The maximum atomic E-state index is 13.0. The van der Waals surface area contributed by atoms with E-state index in [1.165, 1.54) is 20.3 Å². The van der Waals surface area contributed by atoms with Crippen molar-refractivity contribution in [3.63, 3.8) is 0 Å². The van der Waals surface area contributed by atoms with Crippen LogP contribution < -0.4 is 22.1 Å². The van der Waals surface area contributed by atoms with Crippen LogP contribution in [0.4, 0.5) is 0 Å². The zero-order chi connectivity index (χ0) is 24.5. The molecule has 2 rings (SSSR count). The Morgan fingerprint density at radius 2 is 1.73 bits per heavy atom. The Morgan fingerprint density at radius 1 is 1.06 bits per heavy atom. The number of nitrogens with two attached hydrogens (primary N) is 2. The maximum absolute atomic E-state index is 13.0. The predicted molar refractivity (Wildman–Crippen MR) is 124 cm³/mol. The fourth-order valence-corrected chi connectivity index (χ4v) is 4.85. The number of hydrogen-bond donors (Lipinski definition) is 5. The van der Waals surface area contributed by atoms with Crippen molar-refractivity contribution in [3.05, 3.63) is 0 Å². The summed E-state index contributed by atoms with van der Waals surface area (Å²) in [6.45, 7) is 3.40. The Balaban J connectivity index is 1.99. The van der Waals surface area contributed by atoms with Crippen LogP contribution in [0.2, 0.25) is 0 Å². The van der Waals surface area contributed by atoms with Crippen LogP contribution in [0.3, 0.4) is 0 Å². The third kappa shape index (κ3) is 7.75. The summed E-state index contributed by atoms with van der Waals surface area (Å²) < 4.78 is 0. The van der Waals surface area contributed by atoms with Crippen LogP contribution in [-0.2, 0) is 19.2 Å². The second-order valence-electron chi connectivity index (χ2n) is 9.49. The molecule has 2 unspecified atom stereocenters. The van der Waals surface area contributed by atoms with Crippen molar-refractivity contribution in [2.24, 2.45) is 17.4 Å². The Hall–Kier alpha value is -2.04. The molecule has 10 heteroatoms. The first-order valence-electron chi connectivity index (χ1n) is 12.2. The molecule has 33 heavy (non-hydrogen) atoms. The van der Waals surface area contributed by atoms with Gasteiger partial charge in [-0.2, -0.15) is 0 Å². The molecule has 7 N–H and O–H groups in total. The summed E-state index contributed by atoms with van der Waals surface area (Å²) in [6.07, 6.45) is 5.99. The van der Waals surface area contributed by atoms with Gasteiger partial charge in [-0.15, -0.1) is 0 Å². The average molecular weight is 468 g/mol. The predicted octanol–water partition coefficient (Wildman–Crippen LogP) is -0.437. The highest BCUT2D eigenvalue weighted by atomic mass is 16.3. The summed E-state index contributed by atoms with van der Waals surface area (Å²) in [7, 11) is 0. The number of rotatable bonds is 11. The van der Waals surface area contributed by atoms with Gasteiger partial charge >= 0.3 is 0 Å². The molecule has 0 bridgehead atoms. The van der Waals surface area contributed by atoms with Gasteiger partial charge < -0.3 is 32.1 Å².